The van der Waals surface area contributed by atoms with E-state index in [9.17, 15) is 9.59 Å². The normalized spacial score (nSPS) is 10.8. The number of amides is 1. The molecule has 1 aromatic carbocycles. The van der Waals surface area contributed by atoms with E-state index >= 15 is 0 Å². The van der Waals surface area contributed by atoms with Gasteiger partial charge < -0.3 is 14.2 Å². The lowest BCUT2D eigenvalue weighted by Gasteiger charge is -2.03. The minimum absolute atomic E-state index is 0.137. The van der Waals surface area contributed by atoms with Gasteiger partial charge in [-0.05, 0) is 19.1 Å². The lowest BCUT2D eigenvalue weighted by molar-refractivity contribution is 0.0983. The van der Waals surface area contributed by atoms with Gasteiger partial charge in [-0.15, -0.1) is 0 Å². The Morgan fingerprint density at radius 2 is 1.90 bits per heavy atom. The standard InChI is InChI=1S/C21H18N4O4/c1-13-3-5-15(6-4-13)20-19(22-12-28-20)21(27)23-18-9-10-25(24-18)11-16-7-8-17(29-16)14(2)26/h3-10,12H,11H2,1-2H3,(H,23,24,27). The second-order valence-electron chi connectivity index (χ2n) is 6.57. The van der Waals surface area contributed by atoms with Crippen LogP contribution in [0.5, 0.6) is 0 Å². The molecular formula is C21H18N4O4. The predicted octanol–water partition coefficient (Wildman–Crippen LogP) is 3.94. The van der Waals surface area contributed by atoms with Crippen molar-refractivity contribution >= 4 is 17.5 Å². The number of anilines is 1. The lowest BCUT2D eigenvalue weighted by atomic mass is 10.1. The number of benzene rings is 1. The van der Waals surface area contributed by atoms with Crippen molar-refractivity contribution in [1.82, 2.24) is 14.8 Å². The first-order chi connectivity index (χ1) is 14.0. The number of rotatable bonds is 6. The third-order valence-corrected chi connectivity index (χ3v) is 4.31. The van der Waals surface area contributed by atoms with Crippen LogP contribution in [0.2, 0.25) is 0 Å². The van der Waals surface area contributed by atoms with Gasteiger partial charge in [0.1, 0.15) is 5.76 Å². The first-order valence-corrected chi connectivity index (χ1v) is 8.94. The molecule has 0 radical (unpaired) electrons. The molecule has 8 heteroatoms. The van der Waals surface area contributed by atoms with Crippen LogP contribution in [0.1, 0.15) is 39.3 Å². The summed E-state index contributed by atoms with van der Waals surface area (Å²) in [5, 5.41) is 7.02. The first-order valence-electron chi connectivity index (χ1n) is 8.94. The SMILES string of the molecule is CC(=O)c1ccc(Cn2ccc(NC(=O)c3ncoc3-c3ccc(C)cc3)n2)o1. The van der Waals surface area contributed by atoms with Gasteiger partial charge in [-0.2, -0.15) is 5.10 Å². The number of Topliss-reactive ketones (excluding diaryl/α,β-unsaturated/α-hetero) is 1. The van der Waals surface area contributed by atoms with E-state index < -0.39 is 5.91 Å². The van der Waals surface area contributed by atoms with Gasteiger partial charge in [0, 0.05) is 24.8 Å². The van der Waals surface area contributed by atoms with Crippen LogP contribution < -0.4 is 5.32 Å². The number of nitrogens with zero attached hydrogens (tertiary/aromatic N) is 3. The quantitative estimate of drug-likeness (QED) is 0.500. The molecule has 0 aliphatic heterocycles. The molecular weight excluding hydrogens is 372 g/mol. The van der Waals surface area contributed by atoms with Crippen LogP contribution in [0.15, 0.2) is 63.9 Å². The zero-order chi connectivity index (χ0) is 20.4. The van der Waals surface area contributed by atoms with Crippen molar-refractivity contribution in [1.29, 1.82) is 0 Å². The minimum atomic E-state index is -0.420. The van der Waals surface area contributed by atoms with Crippen molar-refractivity contribution in [2.45, 2.75) is 20.4 Å². The Labute approximate surface area is 166 Å². The van der Waals surface area contributed by atoms with Gasteiger partial charge in [-0.25, -0.2) is 4.98 Å². The van der Waals surface area contributed by atoms with Crippen LogP contribution >= 0.6 is 0 Å². The number of carbonyl (C=O) groups is 2. The molecule has 0 atom stereocenters. The van der Waals surface area contributed by atoms with E-state index in [4.69, 9.17) is 8.83 Å². The van der Waals surface area contributed by atoms with Gasteiger partial charge in [0.05, 0.1) is 6.54 Å². The highest BCUT2D eigenvalue weighted by Crippen LogP contribution is 2.24. The minimum Gasteiger partial charge on any atom is -0.456 e. The number of hydrogen-bond donors (Lipinski definition) is 1. The molecule has 0 aliphatic rings. The van der Waals surface area contributed by atoms with Crippen LogP contribution in [0.4, 0.5) is 5.82 Å². The van der Waals surface area contributed by atoms with Gasteiger partial charge in [0.2, 0.25) is 0 Å². The molecule has 4 aromatic rings. The first kappa shape index (κ1) is 18.4. The molecule has 0 aliphatic carbocycles. The maximum Gasteiger partial charge on any atom is 0.279 e. The summed E-state index contributed by atoms with van der Waals surface area (Å²) in [6, 6.07) is 12.6. The second kappa shape index (κ2) is 7.59. The molecule has 0 bridgehead atoms. The number of aryl methyl sites for hydroxylation is 1. The zero-order valence-corrected chi connectivity index (χ0v) is 15.9. The van der Waals surface area contributed by atoms with E-state index in [0.29, 0.717) is 29.6 Å². The van der Waals surface area contributed by atoms with Crippen molar-refractivity contribution in [3.05, 3.63) is 77.8 Å². The Morgan fingerprint density at radius 3 is 2.62 bits per heavy atom. The zero-order valence-electron chi connectivity index (χ0n) is 15.9. The molecule has 0 spiro atoms. The summed E-state index contributed by atoms with van der Waals surface area (Å²) >= 11 is 0. The molecule has 0 unspecified atom stereocenters. The van der Waals surface area contributed by atoms with E-state index in [1.165, 1.54) is 13.3 Å². The Kier molecular flexibility index (Phi) is 4.82. The Balaban J connectivity index is 1.46. The van der Waals surface area contributed by atoms with Crippen LogP contribution in [0, 0.1) is 6.92 Å². The van der Waals surface area contributed by atoms with Gasteiger partial charge in [0.15, 0.2) is 35.2 Å². The summed E-state index contributed by atoms with van der Waals surface area (Å²) < 4.78 is 12.5. The van der Waals surface area contributed by atoms with E-state index in [1.807, 2.05) is 31.2 Å². The Morgan fingerprint density at radius 1 is 1.10 bits per heavy atom. The molecule has 1 N–H and O–H groups in total. The highest BCUT2D eigenvalue weighted by atomic mass is 16.3. The number of aromatic nitrogens is 3. The van der Waals surface area contributed by atoms with Crippen molar-refractivity contribution < 1.29 is 18.4 Å². The molecule has 4 rings (SSSR count). The second-order valence-corrected chi connectivity index (χ2v) is 6.57. The summed E-state index contributed by atoms with van der Waals surface area (Å²) in [4.78, 5) is 28.0. The fraction of sp³-hybridized carbons (Fsp3) is 0.143. The monoisotopic (exact) mass is 390 g/mol. The number of nitrogens with one attached hydrogen (secondary N) is 1. The predicted molar refractivity (Wildman–Crippen MR) is 105 cm³/mol. The molecule has 0 saturated carbocycles. The number of ketones is 1. The summed E-state index contributed by atoms with van der Waals surface area (Å²) in [5.41, 5.74) is 2.06. The van der Waals surface area contributed by atoms with Crippen molar-refractivity contribution in [2.75, 3.05) is 5.32 Å². The van der Waals surface area contributed by atoms with Crippen molar-refractivity contribution in [2.24, 2.45) is 0 Å². The topological polar surface area (TPSA) is 103 Å². The molecule has 3 aromatic heterocycles. The molecule has 0 saturated heterocycles. The van der Waals surface area contributed by atoms with E-state index in [1.54, 1.807) is 29.1 Å². The fourth-order valence-electron chi connectivity index (χ4n) is 2.82. The largest absolute Gasteiger partial charge is 0.456 e. The van der Waals surface area contributed by atoms with Gasteiger partial charge >= 0.3 is 0 Å². The maximum atomic E-state index is 12.6. The van der Waals surface area contributed by atoms with Gasteiger partial charge in [-0.3, -0.25) is 14.3 Å². The fourth-order valence-corrected chi connectivity index (χ4v) is 2.82. The highest BCUT2D eigenvalue weighted by Gasteiger charge is 2.19. The van der Waals surface area contributed by atoms with E-state index in [2.05, 4.69) is 15.4 Å². The van der Waals surface area contributed by atoms with Crippen molar-refractivity contribution in [3.63, 3.8) is 0 Å². The Hall–Kier alpha value is -3.94. The molecule has 0 fully saturated rings. The average molecular weight is 390 g/mol. The van der Waals surface area contributed by atoms with Gasteiger partial charge in [0.25, 0.3) is 5.91 Å². The highest BCUT2D eigenvalue weighted by molar-refractivity contribution is 6.05. The summed E-state index contributed by atoms with van der Waals surface area (Å²) in [7, 11) is 0. The van der Waals surface area contributed by atoms with Crippen LogP contribution in [0.25, 0.3) is 11.3 Å². The molecule has 8 nitrogen and oxygen atoms in total. The van der Waals surface area contributed by atoms with E-state index in [-0.39, 0.29) is 11.5 Å². The van der Waals surface area contributed by atoms with Crippen molar-refractivity contribution in [3.8, 4) is 11.3 Å². The smallest absolute Gasteiger partial charge is 0.279 e. The third kappa shape index (κ3) is 4.01. The molecule has 3 heterocycles. The summed E-state index contributed by atoms with van der Waals surface area (Å²) in [5.74, 6) is 1.10. The van der Waals surface area contributed by atoms with Crippen LogP contribution in [-0.4, -0.2) is 26.5 Å². The Bertz CT molecular complexity index is 1170. The number of carbonyl (C=O) groups excluding carboxylic acids is 2. The number of hydrogen-bond acceptors (Lipinski definition) is 6. The number of furan rings is 1. The summed E-state index contributed by atoms with van der Waals surface area (Å²) in [6.07, 6.45) is 2.95. The van der Waals surface area contributed by atoms with E-state index in [0.717, 1.165) is 11.1 Å². The summed E-state index contributed by atoms with van der Waals surface area (Å²) in [6.45, 7) is 3.76. The van der Waals surface area contributed by atoms with Gasteiger partial charge in [-0.1, -0.05) is 29.8 Å². The molecule has 146 valence electrons. The van der Waals surface area contributed by atoms with Crippen LogP contribution in [-0.2, 0) is 6.54 Å². The third-order valence-electron chi connectivity index (χ3n) is 4.31. The average Bonchev–Trinajstić information content (AvgIpc) is 3.43. The number of oxazole rings is 1. The maximum absolute atomic E-state index is 12.6. The van der Waals surface area contributed by atoms with Crippen LogP contribution in [0.3, 0.4) is 0 Å². The molecule has 29 heavy (non-hydrogen) atoms. The lowest BCUT2D eigenvalue weighted by Crippen LogP contribution is -2.14. The molecule has 1 amide bonds.